The van der Waals surface area contributed by atoms with E-state index in [0.717, 1.165) is 103 Å². The van der Waals surface area contributed by atoms with Crippen molar-refractivity contribution in [2.75, 3.05) is 6.61 Å². The number of unbranched alkanes of at least 4 members (excludes halogenated alkanes) is 23. The van der Waals surface area contributed by atoms with Crippen molar-refractivity contribution in [2.24, 2.45) is 0 Å². The number of ether oxygens (including phenoxy) is 1. The van der Waals surface area contributed by atoms with Gasteiger partial charge < -0.3 is 20.3 Å². The molecule has 1 amide bonds. The molecule has 3 N–H and O–H groups in total. The highest BCUT2D eigenvalue weighted by Crippen LogP contribution is 2.17. The molecule has 0 rings (SSSR count). The van der Waals surface area contributed by atoms with Crippen LogP contribution in [0.5, 0.6) is 0 Å². The molecule has 62 heavy (non-hydrogen) atoms. The van der Waals surface area contributed by atoms with Crippen LogP contribution >= 0.6 is 0 Å². The van der Waals surface area contributed by atoms with Crippen LogP contribution < -0.4 is 5.32 Å². The van der Waals surface area contributed by atoms with Crippen molar-refractivity contribution in [2.45, 2.75) is 251 Å². The Bertz CT molecular complexity index is 1200. The Balaban J connectivity index is 4.68. The highest BCUT2D eigenvalue weighted by atomic mass is 16.5. The van der Waals surface area contributed by atoms with Crippen molar-refractivity contribution in [1.82, 2.24) is 5.32 Å². The standard InChI is InChI=1S/C56H97NO5/c1-4-7-10-13-16-19-22-24-26-27-28-30-32-34-37-40-43-46-49-56(61)62-52(47-44-41-38-35-33-31-29-25-23-20-17-14-11-8-5-2)50-55(60)57-53(51-58)54(59)48-45-42-39-36-21-18-15-12-9-6-3/h10,13,16-17,19-20,22,24-30,52-54,58-59H,4-9,11-12,14-15,18,21,23,31-51H2,1-3H3,(H,57,60)/b13-10+,19-16+,20-17-,24-22+,27-26+,29-25-,30-28+. The maximum absolute atomic E-state index is 13.2. The molecule has 0 fully saturated rings. The molecular weight excluding hydrogens is 767 g/mol. The Morgan fingerprint density at radius 2 is 0.919 bits per heavy atom. The zero-order chi connectivity index (χ0) is 45.2. The molecule has 0 heterocycles. The normalized spacial score (nSPS) is 14.0. The second-order valence-corrected chi connectivity index (χ2v) is 17.3. The quantitative estimate of drug-likeness (QED) is 0.0245. The first kappa shape index (κ1) is 59.0. The van der Waals surface area contributed by atoms with Crippen molar-refractivity contribution in [1.29, 1.82) is 0 Å². The fourth-order valence-electron chi connectivity index (χ4n) is 7.37. The minimum atomic E-state index is -0.799. The third kappa shape index (κ3) is 43.7. The molecule has 0 aliphatic rings. The summed E-state index contributed by atoms with van der Waals surface area (Å²) in [7, 11) is 0. The summed E-state index contributed by atoms with van der Waals surface area (Å²) in [6.45, 7) is 6.34. The molecule has 0 bridgehead atoms. The zero-order valence-corrected chi connectivity index (χ0v) is 40.5. The van der Waals surface area contributed by atoms with Crippen LogP contribution in [0.2, 0.25) is 0 Å². The fourth-order valence-corrected chi connectivity index (χ4v) is 7.37. The van der Waals surface area contributed by atoms with Crippen molar-refractivity contribution < 1.29 is 24.5 Å². The largest absolute Gasteiger partial charge is 0.462 e. The number of esters is 1. The van der Waals surface area contributed by atoms with Crippen LogP contribution in [-0.4, -0.2) is 46.9 Å². The topological polar surface area (TPSA) is 95.9 Å². The summed E-state index contributed by atoms with van der Waals surface area (Å²) >= 11 is 0. The van der Waals surface area contributed by atoms with Gasteiger partial charge >= 0.3 is 5.97 Å². The predicted octanol–water partition coefficient (Wildman–Crippen LogP) is 15.6. The Hall–Kier alpha value is -2.96. The van der Waals surface area contributed by atoms with Crippen LogP contribution in [0.3, 0.4) is 0 Å². The molecule has 0 aromatic heterocycles. The smallest absolute Gasteiger partial charge is 0.306 e. The lowest BCUT2D eigenvalue weighted by Gasteiger charge is -2.24. The second-order valence-electron chi connectivity index (χ2n) is 17.3. The fraction of sp³-hybridized carbons (Fsp3) is 0.714. The molecule has 356 valence electrons. The van der Waals surface area contributed by atoms with E-state index in [1.54, 1.807) is 0 Å². The lowest BCUT2D eigenvalue weighted by molar-refractivity contribution is -0.151. The molecule has 0 aliphatic carbocycles. The van der Waals surface area contributed by atoms with Gasteiger partial charge in [-0.25, -0.2) is 0 Å². The van der Waals surface area contributed by atoms with E-state index in [0.29, 0.717) is 19.3 Å². The molecule has 0 saturated carbocycles. The summed E-state index contributed by atoms with van der Waals surface area (Å²) in [5.74, 6) is -0.520. The SMILES string of the molecule is CCC/C=C/C=C/C=C/C=C/C=C/CCCCCCCC(=O)OC(CCCCCCC/C=C\C/C=C\CCCCC)CC(=O)NC(CO)C(O)CCCCCCCCCCCC. The summed E-state index contributed by atoms with van der Waals surface area (Å²) in [6, 6.07) is -0.715. The number of carbonyl (C=O) groups is 2. The van der Waals surface area contributed by atoms with Gasteiger partial charge in [-0.1, -0.05) is 228 Å². The van der Waals surface area contributed by atoms with Crippen LogP contribution in [0.25, 0.3) is 0 Å². The minimum absolute atomic E-state index is 0.0534. The molecule has 6 nitrogen and oxygen atoms in total. The highest BCUT2D eigenvalue weighted by Gasteiger charge is 2.24. The van der Waals surface area contributed by atoms with E-state index in [1.165, 1.54) is 83.5 Å². The van der Waals surface area contributed by atoms with E-state index < -0.39 is 18.2 Å². The molecule has 0 aromatic carbocycles. The molecule has 6 heteroatoms. The van der Waals surface area contributed by atoms with Crippen molar-refractivity contribution in [3.8, 4) is 0 Å². The minimum Gasteiger partial charge on any atom is -0.462 e. The maximum atomic E-state index is 13.2. The molecule has 3 atom stereocenters. The molecule has 0 spiro atoms. The Kier molecular flexibility index (Phi) is 46.7. The van der Waals surface area contributed by atoms with E-state index in [9.17, 15) is 19.8 Å². The van der Waals surface area contributed by atoms with Crippen molar-refractivity contribution >= 4 is 11.9 Å². The lowest BCUT2D eigenvalue weighted by Crippen LogP contribution is -2.46. The van der Waals surface area contributed by atoms with Gasteiger partial charge in [-0.3, -0.25) is 9.59 Å². The molecule has 0 aliphatic heterocycles. The maximum Gasteiger partial charge on any atom is 0.306 e. The first-order valence-corrected chi connectivity index (χ1v) is 25.9. The number of aliphatic hydroxyl groups excluding tert-OH is 2. The average Bonchev–Trinajstić information content (AvgIpc) is 3.26. The number of carbonyl (C=O) groups excluding carboxylic acids is 2. The summed E-state index contributed by atoms with van der Waals surface area (Å²) in [6.07, 6.45) is 63.4. The summed E-state index contributed by atoms with van der Waals surface area (Å²) in [5.41, 5.74) is 0. The predicted molar refractivity (Wildman–Crippen MR) is 268 cm³/mol. The monoisotopic (exact) mass is 864 g/mol. The number of hydrogen-bond acceptors (Lipinski definition) is 5. The molecular formula is C56H97NO5. The Morgan fingerprint density at radius 1 is 0.484 bits per heavy atom. The zero-order valence-electron chi connectivity index (χ0n) is 40.5. The Morgan fingerprint density at radius 3 is 1.47 bits per heavy atom. The van der Waals surface area contributed by atoms with Gasteiger partial charge in [0.1, 0.15) is 6.10 Å². The molecule has 3 unspecified atom stereocenters. The van der Waals surface area contributed by atoms with Crippen molar-refractivity contribution in [3.63, 3.8) is 0 Å². The highest BCUT2D eigenvalue weighted by molar-refractivity contribution is 5.77. The van der Waals surface area contributed by atoms with E-state index in [2.05, 4.69) is 86.8 Å². The van der Waals surface area contributed by atoms with Crippen LogP contribution in [0.4, 0.5) is 0 Å². The lowest BCUT2D eigenvalue weighted by atomic mass is 10.0. The average molecular weight is 864 g/mol. The van der Waals surface area contributed by atoms with E-state index in [1.807, 2.05) is 24.3 Å². The second kappa shape index (κ2) is 49.1. The molecule has 0 saturated heterocycles. The third-order valence-electron chi connectivity index (χ3n) is 11.3. The summed E-state index contributed by atoms with van der Waals surface area (Å²) in [4.78, 5) is 26.1. The number of hydrogen-bond donors (Lipinski definition) is 3. The van der Waals surface area contributed by atoms with E-state index in [4.69, 9.17) is 4.74 Å². The first-order chi connectivity index (χ1) is 30.5. The summed E-state index contributed by atoms with van der Waals surface area (Å²) in [5, 5.41) is 23.7. The van der Waals surface area contributed by atoms with Crippen LogP contribution in [0.15, 0.2) is 85.1 Å². The van der Waals surface area contributed by atoms with Crippen LogP contribution in [0.1, 0.15) is 233 Å². The third-order valence-corrected chi connectivity index (χ3v) is 11.3. The molecule has 0 radical (unpaired) electrons. The van der Waals surface area contributed by atoms with Gasteiger partial charge in [-0.05, 0) is 77.0 Å². The van der Waals surface area contributed by atoms with Gasteiger partial charge in [0.2, 0.25) is 5.91 Å². The van der Waals surface area contributed by atoms with E-state index >= 15 is 0 Å². The van der Waals surface area contributed by atoms with Gasteiger partial charge in [-0.15, -0.1) is 0 Å². The van der Waals surface area contributed by atoms with Gasteiger partial charge in [-0.2, -0.15) is 0 Å². The molecule has 0 aromatic rings. The van der Waals surface area contributed by atoms with Gasteiger partial charge in [0.05, 0.1) is 25.2 Å². The van der Waals surface area contributed by atoms with E-state index in [-0.39, 0.29) is 24.9 Å². The van der Waals surface area contributed by atoms with Crippen LogP contribution in [-0.2, 0) is 14.3 Å². The number of aliphatic hydroxyl groups is 2. The van der Waals surface area contributed by atoms with Gasteiger partial charge in [0.25, 0.3) is 0 Å². The number of nitrogens with one attached hydrogen (secondary N) is 1. The van der Waals surface area contributed by atoms with Crippen molar-refractivity contribution in [3.05, 3.63) is 85.1 Å². The number of allylic oxidation sites excluding steroid dienone is 14. The first-order valence-electron chi connectivity index (χ1n) is 25.9. The summed E-state index contributed by atoms with van der Waals surface area (Å²) < 4.78 is 5.92. The van der Waals surface area contributed by atoms with Crippen LogP contribution in [0, 0.1) is 0 Å². The Labute approximate surface area is 383 Å². The number of amides is 1. The van der Waals surface area contributed by atoms with Gasteiger partial charge in [0.15, 0.2) is 0 Å². The van der Waals surface area contributed by atoms with Gasteiger partial charge in [0, 0.05) is 6.42 Å². The number of rotatable bonds is 45.